The van der Waals surface area contributed by atoms with Crippen molar-refractivity contribution in [2.24, 2.45) is 5.92 Å². The highest BCUT2D eigenvalue weighted by Crippen LogP contribution is 2.30. The molecule has 1 amide bonds. The zero-order valence-corrected chi connectivity index (χ0v) is 13.4. The second-order valence-electron chi connectivity index (χ2n) is 6.75. The Balaban J connectivity index is 1.78. The number of fused-ring (bicyclic) bond motifs is 1. The first-order valence-electron chi connectivity index (χ1n) is 8.27. The van der Waals surface area contributed by atoms with Gasteiger partial charge < -0.3 is 10.2 Å². The van der Waals surface area contributed by atoms with Crippen LogP contribution >= 0.6 is 0 Å². The number of amides is 1. The van der Waals surface area contributed by atoms with Crippen LogP contribution in [-0.4, -0.2) is 30.8 Å². The molecule has 2 heterocycles. The lowest BCUT2D eigenvalue weighted by atomic mass is 10.00. The van der Waals surface area contributed by atoms with Gasteiger partial charge in [0, 0.05) is 24.2 Å². The summed E-state index contributed by atoms with van der Waals surface area (Å²) < 4.78 is 0. The third-order valence-corrected chi connectivity index (χ3v) is 4.52. The average molecular weight is 300 g/mol. The fourth-order valence-corrected chi connectivity index (χ4v) is 3.38. The first-order valence-corrected chi connectivity index (χ1v) is 8.27. The van der Waals surface area contributed by atoms with E-state index >= 15 is 0 Å². The number of benzene rings is 1. The molecule has 1 fully saturated rings. The van der Waals surface area contributed by atoms with Gasteiger partial charge in [-0.05, 0) is 55.5 Å². The van der Waals surface area contributed by atoms with E-state index in [4.69, 9.17) is 0 Å². The van der Waals surface area contributed by atoms with Gasteiger partial charge in [0.05, 0.1) is 6.04 Å². The van der Waals surface area contributed by atoms with Gasteiger partial charge in [-0.15, -0.1) is 0 Å². The maximum atomic E-state index is 12.5. The highest BCUT2D eigenvalue weighted by molar-refractivity contribution is 6.02. The molecule has 0 spiro atoms. The first-order chi connectivity index (χ1) is 10.6. The van der Waals surface area contributed by atoms with Crippen molar-refractivity contribution in [2.45, 2.75) is 45.6 Å². The fraction of sp³-hybridized carbons (Fsp3) is 0.556. The number of nitrogens with zero attached hydrogens (tertiary/aromatic N) is 1. The molecule has 1 aromatic carbocycles. The van der Waals surface area contributed by atoms with Crippen LogP contribution in [0.5, 0.6) is 0 Å². The highest BCUT2D eigenvalue weighted by Gasteiger charge is 2.28. The number of nitrogens with one attached hydrogen (secondary N) is 1. The lowest BCUT2D eigenvalue weighted by molar-refractivity contribution is -0.119. The summed E-state index contributed by atoms with van der Waals surface area (Å²) in [6.07, 6.45) is 3.41. The quantitative estimate of drug-likeness (QED) is 0.869. The van der Waals surface area contributed by atoms with E-state index in [-0.39, 0.29) is 17.7 Å². The molecule has 22 heavy (non-hydrogen) atoms. The van der Waals surface area contributed by atoms with Crippen molar-refractivity contribution in [1.82, 2.24) is 5.32 Å². The molecule has 118 valence electrons. The third kappa shape index (κ3) is 2.93. The Morgan fingerprint density at radius 1 is 1.36 bits per heavy atom. The standard InChI is InChI=1S/C18H24N2O2/c1-12(2)10-17(21)20-9-7-13-11-14(5-6-16(13)20)18(22)15-4-3-8-19-15/h5-6,11-12,15,19H,3-4,7-10H2,1-2H3. The number of Topliss-reactive ketones (excluding diaryl/α,β-unsaturated/α-hetero) is 1. The summed E-state index contributed by atoms with van der Waals surface area (Å²) >= 11 is 0. The Labute approximate surface area is 131 Å². The molecule has 1 aromatic rings. The van der Waals surface area contributed by atoms with Crippen LogP contribution in [0.25, 0.3) is 0 Å². The molecule has 1 atom stereocenters. The summed E-state index contributed by atoms with van der Waals surface area (Å²) in [5.41, 5.74) is 2.89. The second kappa shape index (κ2) is 6.21. The molecule has 2 aliphatic heterocycles. The van der Waals surface area contributed by atoms with Crippen molar-refractivity contribution in [1.29, 1.82) is 0 Å². The van der Waals surface area contributed by atoms with E-state index in [2.05, 4.69) is 19.2 Å². The lowest BCUT2D eigenvalue weighted by Gasteiger charge is -2.19. The summed E-state index contributed by atoms with van der Waals surface area (Å²) in [6.45, 7) is 5.79. The number of anilines is 1. The second-order valence-corrected chi connectivity index (χ2v) is 6.75. The number of carbonyl (C=O) groups is 2. The Bertz CT molecular complexity index is 589. The largest absolute Gasteiger partial charge is 0.312 e. The van der Waals surface area contributed by atoms with E-state index in [0.717, 1.165) is 49.2 Å². The minimum atomic E-state index is -0.0295. The van der Waals surface area contributed by atoms with E-state index in [9.17, 15) is 9.59 Å². The molecule has 3 rings (SSSR count). The molecule has 0 radical (unpaired) electrons. The maximum Gasteiger partial charge on any atom is 0.227 e. The van der Waals surface area contributed by atoms with E-state index in [0.29, 0.717) is 12.3 Å². The van der Waals surface area contributed by atoms with Gasteiger partial charge >= 0.3 is 0 Å². The summed E-state index contributed by atoms with van der Waals surface area (Å²) in [7, 11) is 0. The van der Waals surface area contributed by atoms with E-state index in [1.807, 2.05) is 23.1 Å². The smallest absolute Gasteiger partial charge is 0.227 e. The maximum absolute atomic E-state index is 12.5. The number of carbonyl (C=O) groups excluding carboxylic acids is 2. The lowest BCUT2D eigenvalue weighted by Crippen LogP contribution is -2.31. The van der Waals surface area contributed by atoms with Gasteiger partial charge in [-0.2, -0.15) is 0 Å². The Kier molecular flexibility index (Phi) is 4.30. The molecule has 0 bridgehead atoms. The van der Waals surface area contributed by atoms with Crippen molar-refractivity contribution in [3.63, 3.8) is 0 Å². The summed E-state index contributed by atoms with van der Waals surface area (Å²) in [6, 6.07) is 5.78. The molecule has 1 N–H and O–H groups in total. The molecular weight excluding hydrogens is 276 g/mol. The molecular formula is C18H24N2O2. The zero-order valence-electron chi connectivity index (χ0n) is 13.4. The summed E-state index contributed by atoms with van der Waals surface area (Å²) in [5.74, 6) is 0.739. The SMILES string of the molecule is CC(C)CC(=O)N1CCc2cc(C(=O)C3CCCN3)ccc21. The number of rotatable bonds is 4. The normalized spacial score (nSPS) is 20.5. The van der Waals surface area contributed by atoms with Gasteiger partial charge in [-0.1, -0.05) is 13.8 Å². The van der Waals surface area contributed by atoms with E-state index < -0.39 is 0 Å². The Morgan fingerprint density at radius 3 is 2.86 bits per heavy atom. The molecule has 0 aliphatic carbocycles. The molecule has 0 aromatic heterocycles. The predicted octanol–water partition coefficient (Wildman–Crippen LogP) is 2.56. The number of ketones is 1. The van der Waals surface area contributed by atoms with Crippen LogP contribution in [-0.2, 0) is 11.2 Å². The average Bonchev–Trinajstić information content (AvgIpc) is 3.14. The molecule has 0 saturated carbocycles. The van der Waals surface area contributed by atoms with Gasteiger partial charge in [0.2, 0.25) is 5.91 Å². The van der Waals surface area contributed by atoms with E-state index in [1.54, 1.807) is 0 Å². The van der Waals surface area contributed by atoms with Crippen LogP contribution in [0.1, 0.15) is 49.0 Å². The van der Waals surface area contributed by atoms with E-state index in [1.165, 1.54) is 0 Å². The minimum absolute atomic E-state index is 0.0295. The van der Waals surface area contributed by atoms with Crippen molar-refractivity contribution in [3.05, 3.63) is 29.3 Å². The van der Waals surface area contributed by atoms with Crippen LogP contribution in [0.4, 0.5) is 5.69 Å². The van der Waals surface area contributed by atoms with Crippen LogP contribution in [0, 0.1) is 5.92 Å². The molecule has 1 unspecified atom stereocenters. The van der Waals surface area contributed by atoms with Crippen molar-refractivity contribution >= 4 is 17.4 Å². The fourth-order valence-electron chi connectivity index (χ4n) is 3.38. The molecule has 2 aliphatic rings. The predicted molar refractivity (Wildman–Crippen MR) is 87.3 cm³/mol. The van der Waals surface area contributed by atoms with Crippen molar-refractivity contribution in [2.75, 3.05) is 18.0 Å². The first kappa shape index (κ1) is 15.2. The van der Waals surface area contributed by atoms with Gasteiger partial charge in [0.25, 0.3) is 0 Å². The number of hydrogen-bond donors (Lipinski definition) is 1. The summed E-state index contributed by atoms with van der Waals surface area (Å²) in [5, 5.41) is 3.26. The van der Waals surface area contributed by atoms with Gasteiger partial charge in [-0.25, -0.2) is 0 Å². The topological polar surface area (TPSA) is 49.4 Å². The van der Waals surface area contributed by atoms with Crippen LogP contribution in [0.15, 0.2) is 18.2 Å². The zero-order chi connectivity index (χ0) is 15.7. The minimum Gasteiger partial charge on any atom is -0.312 e. The number of hydrogen-bond acceptors (Lipinski definition) is 3. The van der Waals surface area contributed by atoms with Gasteiger partial charge in [0.15, 0.2) is 5.78 Å². The summed E-state index contributed by atoms with van der Waals surface area (Å²) in [4.78, 5) is 26.6. The van der Waals surface area contributed by atoms with Crippen LogP contribution in [0.2, 0.25) is 0 Å². The Hall–Kier alpha value is -1.68. The van der Waals surface area contributed by atoms with Crippen molar-refractivity contribution in [3.8, 4) is 0 Å². The van der Waals surface area contributed by atoms with Gasteiger partial charge in [0.1, 0.15) is 0 Å². The Morgan fingerprint density at radius 2 is 2.18 bits per heavy atom. The molecule has 1 saturated heterocycles. The molecule has 4 nitrogen and oxygen atoms in total. The van der Waals surface area contributed by atoms with Crippen molar-refractivity contribution < 1.29 is 9.59 Å². The van der Waals surface area contributed by atoms with Crippen LogP contribution < -0.4 is 10.2 Å². The van der Waals surface area contributed by atoms with Gasteiger partial charge in [-0.3, -0.25) is 9.59 Å². The highest BCUT2D eigenvalue weighted by atomic mass is 16.2. The third-order valence-electron chi connectivity index (χ3n) is 4.52. The molecule has 4 heteroatoms. The van der Waals surface area contributed by atoms with Crippen LogP contribution in [0.3, 0.4) is 0 Å². The monoisotopic (exact) mass is 300 g/mol.